The average Bonchev–Trinajstić information content (AvgIpc) is 3.23. The van der Waals surface area contributed by atoms with Crippen molar-refractivity contribution in [3.05, 3.63) is 60.2 Å². The van der Waals surface area contributed by atoms with E-state index in [1.807, 2.05) is 0 Å². The van der Waals surface area contributed by atoms with E-state index in [4.69, 9.17) is 9.47 Å². The van der Waals surface area contributed by atoms with Crippen LogP contribution in [0.15, 0.2) is 48.7 Å². The Balaban J connectivity index is 1.40. The Morgan fingerprint density at radius 3 is 2.89 bits per heavy atom. The van der Waals surface area contributed by atoms with Crippen molar-refractivity contribution in [3.63, 3.8) is 0 Å². The molecular formula is C28H28FNO5. The normalized spacial score (nSPS) is 40.7. The van der Waals surface area contributed by atoms with Gasteiger partial charge in [0.05, 0.1) is 6.61 Å². The number of ether oxygens (including phenoxy) is 2. The Labute approximate surface area is 203 Å². The minimum atomic E-state index is -1.47. The molecule has 4 aliphatic carbocycles. The number of rotatable bonds is 3. The first-order chi connectivity index (χ1) is 16.6. The number of halogens is 1. The highest BCUT2D eigenvalue weighted by molar-refractivity contribution is 6.20. The van der Waals surface area contributed by atoms with E-state index < -0.39 is 40.9 Å². The van der Waals surface area contributed by atoms with Gasteiger partial charge in [-0.2, -0.15) is 4.39 Å². The number of allylic oxidation sites excluding steroid dienone is 1. The predicted molar refractivity (Wildman–Crippen MR) is 124 cm³/mol. The minimum absolute atomic E-state index is 0.0285. The van der Waals surface area contributed by atoms with Gasteiger partial charge in [0.2, 0.25) is 5.95 Å². The topological polar surface area (TPSA) is 82.6 Å². The summed E-state index contributed by atoms with van der Waals surface area (Å²) in [5.74, 6) is -2.63. The largest absolute Gasteiger partial charge is 0.457 e. The number of pyridine rings is 1. The van der Waals surface area contributed by atoms with Gasteiger partial charge in [-0.15, -0.1) is 0 Å². The smallest absolute Gasteiger partial charge is 0.331 e. The summed E-state index contributed by atoms with van der Waals surface area (Å²) in [4.78, 5) is 44.5. The van der Waals surface area contributed by atoms with Gasteiger partial charge in [-0.3, -0.25) is 9.59 Å². The molecule has 6 nitrogen and oxygen atoms in total. The van der Waals surface area contributed by atoms with Crippen LogP contribution >= 0.6 is 0 Å². The second-order valence-corrected chi connectivity index (χ2v) is 11.3. The lowest BCUT2D eigenvalue weighted by molar-refractivity contribution is -0.187. The second-order valence-electron chi connectivity index (χ2n) is 11.3. The van der Waals surface area contributed by atoms with Gasteiger partial charge in [0.25, 0.3) is 0 Å². The minimum Gasteiger partial charge on any atom is -0.457 e. The lowest BCUT2D eigenvalue weighted by Crippen LogP contribution is -2.68. The molecule has 0 N–H and O–H groups in total. The highest BCUT2D eigenvalue weighted by atomic mass is 19.1. The third-order valence-electron chi connectivity index (χ3n) is 9.27. The van der Waals surface area contributed by atoms with Crippen LogP contribution in [0.1, 0.15) is 38.7 Å². The van der Waals surface area contributed by atoms with Crippen LogP contribution in [0.3, 0.4) is 0 Å². The van der Waals surface area contributed by atoms with Gasteiger partial charge in [0.1, 0.15) is 17.6 Å². The molecule has 5 aliphatic rings. The van der Waals surface area contributed by atoms with Gasteiger partial charge < -0.3 is 9.47 Å². The van der Waals surface area contributed by atoms with Gasteiger partial charge in [0, 0.05) is 35.6 Å². The number of carbonyl (C=O) groups is 3. The Morgan fingerprint density at radius 1 is 1.31 bits per heavy atom. The predicted octanol–water partition coefficient (Wildman–Crippen LogP) is 3.87. The maximum Gasteiger partial charge on any atom is 0.331 e. The summed E-state index contributed by atoms with van der Waals surface area (Å²) in [6.45, 7) is 8.75. The maximum absolute atomic E-state index is 14.2. The van der Waals surface area contributed by atoms with Gasteiger partial charge in [-0.25, -0.2) is 9.78 Å². The number of fused-ring (bicyclic) bond motifs is 1. The molecule has 3 saturated carbocycles. The molecule has 4 bridgehead atoms. The molecular weight excluding hydrogens is 449 g/mol. The summed E-state index contributed by atoms with van der Waals surface area (Å²) in [6.07, 6.45) is 8.77. The molecule has 1 spiro atoms. The molecule has 1 aromatic rings. The van der Waals surface area contributed by atoms with Crippen molar-refractivity contribution in [2.75, 3.05) is 6.61 Å². The van der Waals surface area contributed by atoms with E-state index in [1.54, 1.807) is 6.07 Å². The molecule has 6 rings (SSSR count). The van der Waals surface area contributed by atoms with Crippen molar-refractivity contribution in [2.45, 2.75) is 45.3 Å². The monoisotopic (exact) mass is 477 g/mol. The molecule has 1 saturated heterocycles. The zero-order valence-corrected chi connectivity index (χ0v) is 19.8. The molecule has 0 amide bonds. The molecule has 0 unspecified atom stereocenters. The van der Waals surface area contributed by atoms with E-state index in [-0.39, 0.29) is 28.8 Å². The van der Waals surface area contributed by atoms with Crippen molar-refractivity contribution >= 4 is 23.6 Å². The number of hydrogen-bond donors (Lipinski definition) is 0. The zero-order valence-electron chi connectivity index (χ0n) is 19.8. The van der Waals surface area contributed by atoms with Crippen LogP contribution in [0, 0.1) is 39.9 Å². The first-order valence-electron chi connectivity index (χ1n) is 12.2. The van der Waals surface area contributed by atoms with E-state index >= 15 is 0 Å². The molecule has 2 heterocycles. The molecule has 4 fully saturated rings. The molecule has 0 aromatic carbocycles. The highest BCUT2D eigenvalue weighted by Gasteiger charge is 2.80. The third kappa shape index (κ3) is 2.79. The number of ketones is 2. The molecule has 7 heteroatoms. The lowest BCUT2D eigenvalue weighted by atomic mass is 9.41. The SMILES string of the molecule is C=C1C(=O)[C@@]23C(=O)[C@@H]4OC[C@]5(C=CCC(C)(C)[C@@H]45)[C@@H]2CC[C@@H]1[C@H]3OC(=O)/C=C/c1ccnc(F)c1. The molecule has 0 radical (unpaired) electrons. The molecule has 182 valence electrons. The first kappa shape index (κ1) is 22.5. The van der Waals surface area contributed by atoms with Crippen LogP contribution in [-0.4, -0.2) is 41.3 Å². The maximum atomic E-state index is 14.2. The first-order valence-corrected chi connectivity index (χ1v) is 12.2. The summed E-state index contributed by atoms with van der Waals surface area (Å²) < 4.78 is 25.5. The van der Waals surface area contributed by atoms with Crippen molar-refractivity contribution in [3.8, 4) is 0 Å². The lowest BCUT2D eigenvalue weighted by Gasteiger charge is -2.59. The number of hydrogen-bond acceptors (Lipinski definition) is 6. The van der Waals surface area contributed by atoms with Gasteiger partial charge in [0.15, 0.2) is 11.6 Å². The molecule has 1 aromatic heterocycles. The number of carbonyl (C=O) groups excluding carboxylic acids is 3. The summed E-state index contributed by atoms with van der Waals surface area (Å²) >= 11 is 0. The summed E-state index contributed by atoms with van der Waals surface area (Å²) in [6, 6.07) is 2.76. The van der Waals surface area contributed by atoms with Gasteiger partial charge >= 0.3 is 5.97 Å². The fourth-order valence-corrected chi connectivity index (χ4v) is 8.06. The van der Waals surface area contributed by atoms with E-state index in [2.05, 4.69) is 37.6 Å². The Bertz CT molecular complexity index is 1230. The summed E-state index contributed by atoms with van der Waals surface area (Å²) in [5.41, 5.74) is -1.26. The van der Waals surface area contributed by atoms with Crippen molar-refractivity contribution < 1.29 is 28.2 Å². The molecule has 35 heavy (non-hydrogen) atoms. The van der Waals surface area contributed by atoms with Crippen LogP contribution in [0.4, 0.5) is 4.39 Å². The third-order valence-corrected chi connectivity index (χ3v) is 9.27. The number of aromatic nitrogens is 1. The fraction of sp³-hybridized carbons (Fsp3) is 0.500. The van der Waals surface area contributed by atoms with Crippen LogP contribution in [0.2, 0.25) is 0 Å². The number of Topliss-reactive ketones (excluding diaryl/α,β-unsaturated/α-hetero) is 2. The second kappa shape index (κ2) is 7.29. The van der Waals surface area contributed by atoms with Crippen LogP contribution < -0.4 is 0 Å². The van der Waals surface area contributed by atoms with E-state index in [0.29, 0.717) is 30.6 Å². The standard InChI is InChI=1S/C28H28FNO5/c1-15-17-6-7-18-27-11-4-10-26(2,3)22(27)21(34-14-27)24(33)28(18,23(15)32)25(17)35-20(31)8-5-16-9-12-30-19(29)13-16/h4-5,8-9,11-13,17-18,21-22,25H,1,6-7,10,14H2,2-3H3/b8-5+/t17-,18-,21+,22+,25+,27+,28+/m0/s1. The highest BCUT2D eigenvalue weighted by Crippen LogP contribution is 2.71. The van der Waals surface area contributed by atoms with Crippen LogP contribution in [-0.2, 0) is 23.9 Å². The number of nitrogens with zero attached hydrogens (tertiary/aromatic N) is 1. The van der Waals surface area contributed by atoms with E-state index in [0.717, 1.165) is 6.42 Å². The van der Waals surface area contributed by atoms with Crippen LogP contribution in [0.25, 0.3) is 6.08 Å². The van der Waals surface area contributed by atoms with Crippen molar-refractivity contribution in [1.82, 2.24) is 4.98 Å². The number of esters is 1. The van der Waals surface area contributed by atoms with Crippen molar-refractivity contribution in [1.29, 1.82) is 0 Å². The fourth-order valence-electron chi connectivity index (χ4n) is 8.06. The van der Waals surface area contributed by atoms with Crippen molar-refractivity contribution in [2.24, 2.45) is 34.0 Å². The molecule has 7 atom stereocenters. The Kier molecular flexibility index (Phi) is 4.69. The zero-order chi connectivity index (χ0) is 24.8. The van der Waals surface area contributed by atoms with Gasteiger partial charge in [-0.05, 0) is 53.9 Å². The van der Waals surface area contributed by atoms with E-state index in [1.165, 1.54) is 24.4 Å². The summed E-state index contributed by atoms with van der Waals surface area (Å²) in [5, 5.41) is 0. The molecule has 1 aliphatic heterocycles. The van der Waals surface area contributed by atoms with Gasteiger partial charge in [-0.1, -0.05) is 32.6 Å². The Hall–Kier alpha value is -2.93. The average molecular weight is 478 g/mol. The quantitative estimate of drug-likeness (QED) is 0.216. The van der Waals surface area contributed by atoms with E-state index in [9.17, 15) is 18.8 Å². The van der Waals surface area contributed by atoms with Crippen LogP contribution in [0.5, 0.6) is 0 Å². The Morgan fingerprint density at radius 2 is 2.11 bits per heavy atom. The summed E-state index contributed by atoms with van der Waals surface area (Å²) in [7, 11) is 0.